The molecular weight excluding hydrogens is 418 g/mol. The molecule has 1 aliphatic heterocycles. The zero-order valence-corrected chi connectivity index (χ0v) is 16.2. The Kier molecular flexibility index (Phi) is 4.82. The molecular formula is C17H16BrN5O2S. The van der Waals surface area contributed by atoms with Gasteiger partial charge < -0.3 is 4.90 Å². The predicted molar refractivity (Wildman–Crippen MR) is 104 cm³/mol. The molecule has 0 bridgehead atoms. The first kappa shape index (κ1) is 17.3. The van der Waals surface area contributed by atoms with E-state index in [1.165, 1.54) is 22.5 Å². The minimum absolute atomic E-state index is 0.0776. The van der Waals surface area contributed by atoms with Crippen molar-refractivity contribution in [3.8, 4) is 5.69 Å². The molecule has 2 aromatic heterocycles. The van der Waals surface area contributed by atoms with E-state index in [0.717, 1.165) is 30.4 Å². The van der Waals surface area contributed by atoms with Crippen LogP contribution < -0.4 is 5.56 Å². The number of aromatic amines is 1. The number of benzene rings is 1. The van der Waals surface area contributed by atoms with Crippen LogP contribution in [-0.2, 0) is 4.79 Å². The number of carbonyl (C=O) groups is 1. The molecule has 7 nitrogen and oxygen atoms in total. The summed E-state index contributed by atoms with van der Waals surface area (Å²) in [5.74, 6) is 0.330. The highest BCUT2D eigenvalue weighted by atomic mass is 79.9. The molecule has 9 heteroatoms. The van der Waals surface area contributed by atoms with Gasteiger partial charge in [0.1, 0.15) is 5.39 Å². The van der Waals surface area contributed by atoms with Crippen LogP contribution in [0.5, 0.6) is 0 Å². The van der Waals surface area contributed by atoms with Crippen molar-refractivity contribution in [2.45, 2.75) is 18.0 Å². The van der Waals surface area contributed by atoms with E-state index in [0.29, 0.717) is 21.9 Å². The molecule has 1 aromatic carbocycles. The van der Waals surface area contributed by atoms with Crippen LogP contribution in [0.15, 0.2) is 44.9 Å². The van der Waals surface area contributed by atoms with Crippen molar-refractivity contribution in [1.29, 1.82) is 0 Å². The summed E-state index contributed by atoms with van der Waals surface area (Å²) >= 11 is 4.68. The van der Waals surface area contributed by atoms with E-state index in [2.05, 4.69) is 31.1 Å². The van der Waals surface area contributed by atoms with Gasteiger partial charge in [-0.1, -0.05) is 27.7 Å². The Labute approximate surface area is 161 Å². The fourth-order valence-electron chi connectivity index (χ4n) is 2.97. The molecule has 134 valence electrons. The lowest BCUT2D eigenvalue weighted by atomic mass is 10.3. The molecule has 0 aliphatic carbocycles. The lowest BCUT2D eigenvalue weighted by Gasteiger charge is -2.16. The van der Waals surface area contributed by atoms with Crippen molar-refractivity contribution in [2.75, 3.05) is 18.8 Å². The summed E-state index contributed by atoms with van der Waals surface area (Å²) in [6.45, 7) is 1.62. The molecule has 26 heavy (non-hydrogen) atoms. The molecule has 0 atom stereocenters. The van der Waals surface area contributed by atoms with Gasteiger partial charge in [-0.25, -0.2) is 4.98 Å². The average Bonchev–Trinajstić information content (AvgIpc) is 3.32. The Hall–Kier alpha value is -2.13. The number of halogens is 1. The number of fused-ring (bicyclic) bond motifs is 1. The van der Waals surface area contributed by atoms with Crippen molar-refractivity contribution < 1.29 is 4.79 Å². The summed E-state index contributed by atoms with van der Waals surface area (Å²) in [4.78, 5) is 31.7. The Morgan fingerprint density at radius 3 is 2.69 bits per heavy atom. The highest BCUT2D eigenvalue weighted by molar-refractivity contribution is 9.10. The molecule has 1 saturated heterocycles. The number of thioether (sulfide) groups is 1. The van der Waals surface area contributed by atoms with Gasteiger partial charge in [-0.2, -0.15) is 5.10 Å². The van der Waals surface area contributed by atoms with Gasteiger partial charge in [0, 0.05) is 17.6 Å². The molecule has 0 unspecified atom stereocenters. The second kappa shape index (κ2) is 7.24. The van der Waals surface area contributed by atoms with Crippen molar-refractivity contribution in [1.82, 2.24) is 24.6 Å². The summed E-state index contributed by atoms with van der Waals surface area (Å²) < 4.78 is 2.46. The normalized spacial score (nSPS) is 14.3. The molecule has 1 amide bonds. The number of likely N-dealkylation sites (tertiary alicyclic amines) is 1. The van der Waals surface area contributed by atoms with Gasteiger partial charge >= 0.3 is 0 Å². The maximum Gasteiger partial charge on any atom is 0.269 e. The number of aromatic nitrogens is 4. The Morgan fingerprint density at radius 1 is 1.23 bits per heavy atom. The van der Waals surface area contributed by atoms with Crippen LogP contribution in [0.3, 0.4) is 0 Å². The van der Waals surface area contributed by atoms with Crippen molar-refractivity contribution in [2.24, 2.45) is 0 Å². The summed E-state index contributed by atoms with van der Waals surface area (Å²) in [5, 5.41) is 7.55. The number of hydrogen-bond acceptors (Lipinski definition) is 5. The molecule has 4 rings (SSSR count). The molecule has 3 aromatic rings. The standard InChI is InChI=1S/C17H16BrN5O2S/c18-11-3-5-12(6-4-11)23-16(25)13-9-19-21-15(13)20-17(23)26-10-14(24)22-7-1-2-8-22/h3-6,9H,1-2,7-8,10H2,(H,19,21). The van der Waals surface area contributed by atoms with Crippen LogP contribution in [-0.4, -0.2) is 49.4 Å². The summed E-state index contributed by atoms with van der Waals surface area (Å²) in [5.41, 5.74) is 0.923. The second-order valence-electron chi connectivity index (χ2n) is 6.02. The molecule has 1 fully saturated rings. The average molecular weight is 434 g/mol. The topological polar surface area (TPSA) is 83.9 Å². The van der Waals surface area contributed by atoms with E-state index >= 15 is 0 Å². The van der Waals surface area contributed by atoms with Gasteiger partial charge in [-0.15, -0.1) is 0 Å². The van der Waals surface area contributed by atoms with Gasteiger partial charge in [-0.3, -0.25) is 19.3 Å². The molecule has 3 heterocycles. The largest absolute Gasteiger partial charge is 0.342 e. The number of amides is 1. The Bertz CT molecular complexity index is 1010. The Balaban J connectivity index is 1.72. The highest BCUT2D eigenvalue weighted by Crippen LogP contribution is 2.22. The number of H-pyrrole nitrogens is 1. The van der Waals surface area contributed by atoms with E-state index in [1.54, 1.807) is 0 Å². The predicted octanol–water partition coefficient (Wildman–Crippen LogP) is 2.59. The first-order valence-electron chi connectivity index (χ1n) is 8.26. The number of carbonyl (C=O) groups excluding carboxylic acids is 1. The molecule has 1 aliphatic rings. The first-order chi connectivity index (χ1) is 12.6. The molecule has 0 radical (unpaired) electrons. The van der Waals surface area contributed by atoms with Crippen molar-refractivity contribution in [3.63, 3.8) is 0 Å². The SMILES string of the molecule is O=C(CSc1nc2[nH]ncc2c(=O)n1-c1ccc(Br)cc1)N1CCCC1. The van der Waals surface area contributed by atoms with Crippen LogP contribution in [0.2, 0.25) is 0 Å². The quantitative estimate of drug-likeness (QED) is 0.504. The van der Waals surface area contributed by atoms with Gasteiger partial charge in [0.15, 0.2) is 10.8 Å². The van der Waals surface area contributed by atoms with Crippen LogP contribution in [0.1, 0.15) is 12.8 Å². The third-order valence-electron chi connectivity index (χ3n) is 4.32. The van der Waals surface area contributed by atoms with E-state index < -0.39 is 0 Å². The fraction of sp³-hybridized carbons (Fsp3) is 0.294. The molecule has 1 N–H and O–H groups in total. The van der Waals surface area contributed by atoms with E-state index in [9.17, 15) is 9.59 Å². The lowest BCUT2D eigenvalue weighted by Crippen LogP contribution is -2.29. The van der Waals surface area contributed by atoms with Crippen molar-refractivity contribution >= 4 is 44.6 Å². The summed E-state index contributed by atoms with van der Waals surface area (Å²) in [7, 11) is 0. The summed E-state index contributed by atoms with van der Waals surface area (Å²) in [6, 6.07) is 7.41. The first-order valence-corrected chi connectivity index (χ1v) is 10.0. The van der Waals surface area contributed by atoms with Crippen LogP contribution in [0.25, 0.3) is 16.7 Å². The zero-order chi connectivity index (χ0) is 18.1. The number of nitrogens with one attached hydrogen (secondary N) is 1. The molecule has 0 saturated carbocycles. The van der Waals surface area contributed by atoms with Crippen LogP contribution in [0.4, 0.5) is 0 Å². The Morgan fingerprint density at radius 2 is 1.96 bits per heavy atom. The maximum atomic E-state index is 12.9. The van der Waals surface area contributed by atoms with Crippen molar-refractivity contribution in [3.05, 3.63) is 45.3 Å². The van der Waals surface area contributed by atoms with Crippen LogP contribution in [0, 0.1) is 0 Å². The summed E-state index contributed by atoms with van der Waals surface area (Å²) in [6.07, 6.45) is 3.58. The number of nitrogens with zero attached hydrogens (tertiary/aromatic N) is 4. The monoisotopic (exact) mass is 433 g/mol. The fourth-order valence-corrected chi connectivity index (χ4v) is 4.15. The molecule has 0 spiro atoms. The minimum Gasteiger partial charge on any atom is -0.342 e. The highest BCUT2D eigenvalue weighted by Gasteiger charge is 2.20. The van der Waals surface area contributed by atoms with Gasteiger partial charge in [0.25, 0.3) is 5.56 Å². The van der Waals surface area contributed by atoms with E-state index in [4.69, 9.17) is 0 Å². The van der Waals surface area contributed by atoms with E-state index in [1.807, 2.05) is 29.2 Å². The lowest BCUT2D eigenvalue weighted by molar-refractivity contribution is -0.127. The smallest absolute Gasteiger partial charge is 0.269 e. The van der Waals surface area contributed by atoms with Crippen LogP contribution >= 0.6 is 27.7 Å². The third kappa shape index (κ3) is 3.28. The second-order valence-corrected chi connectivity index (χ2v) is 7.88. The third-order valence-corrected chi connectivity index (χ3v) is 5.77. The van der Waals surface area contributed by atoms with Gasteiger partial charge in [0.05, 0.1) is 17.6 Å². The number of rotatable bonds is 4. The zero-order valence-electron chi connectivity index (χ0n) is 13.8. The van der Waals surface area contributed by atoms with E-state index in [-0.39, 0.29) is 17.2 Å². The van der Waals surface area contributed by atoms with Gasteiger partial charge in [0.2, 0.25) is 5.91 Å². The minimum atomic E-state index is -0.206. The van der Waals surface area contributed by atoms with Gasteiger partial charge in [-0.05, 0) is 37.1 Å². The maximum absolute atomic E-state index is 12.9. The number of hydrogen-bond donors (Lipinski definition) is 1.